The maximum absolute atomic E-state index is 13.3. The van der Waals surface area contributed by atoms with E-state index in [1.165, 1.54) is 11.6 Å². The molecular formula is C29H22F3N3O. The Morgan fingerprint density at radius 1 is 0.750 bits per heavy atom. The van der Waals surface area contributed by atoms with Crippen LogP contribution in [0, 0.1) is 0 Å². The molecule has 7 heteroatoms. The maximum atomic E-state index is 13.3. The van der Waals surface area contributed by atoms with E-state index in [1.54, 1.807) is 0 Å². The molecule has 3 aromatic heterocycles. The van der Waals surface area contributed by atoms with E-state index in [4.69, 9.17) is 9.40 Å². The van der Waals surface area contributed by atoms with E-state index in [0.717, 1.165) is 22.8 Å². The van der Waals surface area contributed by atoms with Gasteiger partial charge in [-0.25, -0.2) is 9.97 Å². The topological polar surface area (TPSA) is 43.9 Å². The number of benzene rings is 3. The molecule has 0 amide bonds. The number of para-hydroxylation sites is 3. The third kappa shape index (κ3) is 3.54. The van der Waals surface area contributed by atoms with Crippen LogP contribution in [0.25, 0.3) is 50.2 Å². The average Bonchev–Trinajstić information content (AvgIpc) is 3.41. The molecular weight excluding hydrogens is 463 g/mol. The van der Waals surface area contributed by atoms with Crippen LogP contribution >= 0.6 is 0 Å². The van der Waals surface area contributed by atoms with Gasteiger partial charge in [0, 0.05) is 16.5 Å². The van der Waals surface area contributed by atoms with Crippen LogP contribution in [0.5, 0.6) is 0 Å². The molecule has 0 saturated carbocycles. The molecule has 0 aliphatic rings. The molecule has 4 nitrogen and oxygen atoms in total. The molecule has 3 aromatic carbocycles. The Morgan fingerprint density at radius 2 is 1.50 bits per heavy atom. The maximum Gasteiger partial charge on any atom is 0.433 e. The van der Waals surface area contributed by atoms with Gasteiger partial charge in [-0.15, -0.1) is 0 Å². The van der Waals surface area contributed by atoms with Gasteiger partial charge in [-0.05, 0) is 53.4 Å². The summed E-state index contributed by atoms with van der Waals surface area (Å²) < 4.78 is 47.8. The molecule has 0 atom stereocenters. The number of pyridine rings is 1. The van der Waals surface area contributed by atoms with Gasteiger partial charge >= 0.3 is 6.18 Å². The number of halogens is 3. The molecule has 0 bridgehead atoms. The minimum absolute atomic E-state index is 0.0144. The van der Waals surface area contributed by atoms with Gasteiger partial charge in [0.1, 0.15) is 17.1 Å². The van der Waals surface area contributed by atoms with Gasteiger partial charge in [-0.3, -0.25) is 4.57 Å². The third-order valence-corrected chi connectivity index (χ3v) is 6.45. The summed E-state index contributed by atoms with van der Waals surface area (Å²) in [6.07, 6.45) is -4.55. The molecule has 3 heterocycles. The first-order valence-electron chi connectivity index (χ1n) is 11.6. The van der Waals surface area contributed by atoms with Crippen molar-refractivity contribution in [2.75, 3.05) is 0 Å². The Bertz CT molecular complexity index is 1750. The first-order valence-corrected chi connectivity index (χ1v) is 11.6. The first kappa shape index (κ1) is 22.3. The number of imidazole rings is 1. The molecule has 0 fully saturated rings. The molecule has 0 unspecified atom stereocenters. The first-order chi connectivity index (χ1) is 17.1. The van der Waals surface area contributed by atoms with E-state index < -0.39 is 11.9 Å². The van der Waals surface area contributed by atoms with E-state index in [9.17, 15) is 13.2 Å². The van der Waals surface area contributed by atoms with Crippen molar-refractivity contribution in [3.05, 3.63) is 90.1 Å². The zero-order chi connectivity index (χ0) is 25.2. The monoisotopic (exact) mass is 485 g/mol. The van der Waals surface area contributed by atoms with Crippen LogP contribution in [0.3, 0.4) is 0 Å². The van der Waals surface area contributed by atoms with Gasteiger partial charge in [0.05, 0.1) is 16.6 Å². The lowest BCUT2D eigenvalue weighted by molar-refractivity contribution is -0.141. The van der Waals surface area contributed by atoms with Crippen molar-refractivity contribution in [2.24, 2.45) is 0 Å². The number of furan rings is 1. The quantitative estimate of drug-likeness (QED) is 0.248. The summed E-state index contributed by atoms with van der Waals surface area (Å²) >= 11 is 0. The number of nitrogens with zero attached hydrogens (tertiary/aromatic N) is 3. The molecule has 0 N–H and O–H groups in total. The number of fused-ring (bicyclic) bond motifs is 4. The average molecular weight is 486 g/mol. The van der Waals surface area contributed by atoms with Crippen LogP contribution in [0.1, 0.15) is 32.0 Å². The van der Waals surface area contributed by atoms with Gasteiger partial charge in [0.25, 0.3) is 0 Å². The smallest absolute Gasteiger partial charge is 0.433 e. The highest BCUT2D eigenvalue weighted by molar-refractivity contribution is 6.08. The number of alkyl halides is 3. The van der Waals surface area contributed by atoms with Crippen molar-refractivity contribution >= 4 is 33.1 Å². The summed E-state index contributed by atoms with van der Waals surface area (Å²) in [5.41, 5.74) is 3.96. The van der Waals surface area contributed by atoms with Crippen LogP contribution < -0.4 is 0 Å². The van der Waals surface area contributed by atoms with E-state index in [-0.39, 0.29) is 11.1 Å². The molecule has 180 valence electrons. The van der Waals surface area contributed by atoms with Crippen molar-refractivity contribution < 1.29 is 17.6 Å². The number of hydrogen-bond donors (Lipinski definition) is 0. The number of rotatable bonds is 2. The van der Waals surface area contributed by atoms with Gasteiger partial charge in [-0.2, -0.15) is 13.2 Å². The van der Waals surface area contributed by atoms with Crippen LogP contribution in [0.4, 0.5) is 13.2 Å². The Balaban J connectivity index is 1.61. The van der Waals surface area contributed by atoms with Crippen LogP contribution in [0.2, 0.25) is 0 Å². The lowest BCUT2D eigenvalue weighted by Gasteiger charge is -2.19. The second-order valence-corrected chi connectivity index (χ2v) is 9.89. The summed E-state index contributed by atoms with van der Waals surface area (Å²) in [5.74, 6) is 0.639. The van der Waals surface area contributed by atoms with E-state index >= 15 is 0 Å². The molecule has 36 heavy (non-hydrogen) atoms. The highest BCUT2D eigenvalue weighted by atomic mass is 19.4. The number of hydrogen-bond acceptors (Lipinski definition) is 3. The van der Waals surface area contributed by atoms with Gasteiger partial charge in [-0.1, -0.05) is 57.2 Å². The van der Waals surface area contributed by atoms with Crippen molar-refractivity contribution in [1.82, 2.24) is 14.5 Å². The molecule has 0 saturated heterocycles. The normalized spacial score (nSPS) is 12.7. The van der Waals surface area contributed by atoms with Crippen LogP contribution in [0.15, 0.2) is 83.3 Å². The van der Waals surface area contributed by atoms with Gasteiger partial charge < -0.3 is 4.42 Å². The minimum Gasteiger partial charge on any atom is -0.437 e. The van der Waals surface area contributed by atoms with Crippen LogP contribution in [-0.2, 0) is 11.6 Å². The summed E-state index contributed by atoms with van der Waals surface area (Å²) in [5, 5.41) is 1.21. The van der Waals surface area contributed by atoms with Crippen molar-refractivity contribution in [1.29, 1.82) is 0 Å². The molecule has 0 spiro atoms. The highest BCUT2D eigenvalue weighted by Gasteiger charge is 2.33. The summed E-state index contributed by atoms with van der Waals surface area (Å²) in [6, 6.07) is 24.1. The fraction of sp³-hybridized carbons (Fsp3) is 0.172. The summed E-state index contributed by atoms with van der Waals surface area (Å²) in [4.78, 5) is 8.67. The fourth-order valence-electron chi connectivity index (χ4n) is 4.59. The SMILES string of the molecule is CC(C)(C)c1ccc(-n2c(-c3cccc4c3oc3nc(C(F)(F)F)ccc34)nc3ccccc32)cc1. The minimum atomic E-state index is -4.55. The van der Waals surface area contributed by atoms with Gasteiger partial charge in [0.2, 0.25) is 5.71 Å². The number of aromatic nitrogens is 3. The third-order valence-electron chi connectivity index (χ3n) is 6.45. The Morgan fingerprint density at radius 3 is 2.22 bits per heavy atom. The molecule has 0 radical (unpaired) electrons. The second-order valence-electron chi connectivity index (χ2n) is 9.89. The lowest BCUT2D eigenvalue weighted by Crippen LogP contribution is -2.11. The standard InChI is InChI=1S/C29H22F3N3O/c1-28(2,3)17-11-13-18(14-12-17)35-23-10-5-4-9-22(23)33-26(35)21-8-6-7-19-20-15-16-24(29(30,31)32)34-27(20)36-25(19)21/h4-16H,1-3H3. The molecule has 6 aromatic rings. The lowest BCUT2D eigenvalue weighted by atomic mass is 9.87. The Labute approximate surface area is 205 Å². The van der Waals surface area contributed by atoms with Crippen molar-refractivity contribution in [3.8, 4) is 17.1 Å². The highest BCUT2D eigenvalue weighted by Crippen LogP contribution is 2.39. The van der Waals surface area contributed by atoms with Gasteiger partial charge in [0.15, 0.2) is 0 Å². The Kier molecular flexibility index (Phi) is 4.77. The second kappa shape index (κ2) is 7.68. The fourth-order valence-corrected chi connectivity index (χ4v) is 4.59. The summed E-state index contributed by atoms with van der Waals surface area (Å²) in [6.45, 7) is 6.50. The Hall–Kier alpha value is -4.13. The van der Waals surface area contributed by atoms with Crippen molar-refractivity contribution in [2.45, 2.75) is 32.4 Å². The zero-order valence-corrected chi connectivity index (χ0v) is 19.9. The van der Waals surface area contributed by atoms with E-state index in [0.29, 0.717) is 27.7 Å². The van der Waals surface area contributed by atoms with Crippen molar-refractivity contribution in [3.63, 3.8) is 0 Å². The van der Waals surface area contributed by atoms with Crippen LogP contribution in [-0.4, -0.2) is 14.5 Å². The predicted molar refractivity (Wildman–Crippen MR) is 135 cm³/mol. The molecule has 6 rings (SSSR count). The molecule has 0 aliphatic heterocycles. The largest absolute Gasteiger partial charge is 0.437 e. The molecule has 0 aliphatic carbocycles. The predicted octanol–water partition coefficient (Wildman–Crippen LogP) is 8.30. The van der Waals surface area contributed by atoms with E-state index in [1.807, 2.05) is 42.5 Å². The summed E-state index contributed by atoms with van der Waals surface area (Å²) in [7, 11) is 0. The van der Waals surface area contributed by atoms with E-state index in [2.05, 4.69) is 54.6 Å². The zero-order valence-electron chi connectivity index (χ0n) is 19.9.